The standard InChI is InChI=1S/C14H19N3O.C2H6/c1-10-6-7-17(11(10)2)9-13-8-16(4)15-14(13)12(3)18-5;1-2/h6-8H,3,9H2,1-2,4-5H3;1-2H3. The van der Waals surface area contributed by atoms with Gasteiger partial charge in [-0.3, -0.25) is 4.68 Å². The van der Waals surface area contributed by atoms with Crippen LogP contribution in [0.1, 0.15) is 36.4 Å². The van der Waals surface area contributed by atoms with E-state index in [2.05, 4.69) is 42.4 Å². The van der Waals surface area contributed by atoms with Crippen LogP contribution in [-0.4, -0.2) is 21.5 Å². The highest BCUT2D eigenvalue weighted by atomic mass is 16.5. The minimum atomic E-state index is 0.604. The molecule has 2 aromatic rings. The Morgan fingerprint density at radius 3 is 2.50 bits per heavy atom. The Labute approximate surface area is 121 Å². The molecule has 0 amide bonds. The molecule has 20 heavy (non-hydrogen) atoms. The second kappa shape index (κ2) is 6.98. The average molecular weight is 275 g/mol. The number of methoxy groups -OCH3 is 1. The lowest BCUT2D eigenvalue weighted by molar-refractivity contribution is 0.368. The van der Waals surface area contributed by atoms with Gasteiger partial charge in [-0.15, -0.1) is 0 Å². The van der Waals surface area contributed by atoms with Crippen LogP contribution in [0.3, 0.4) is 0 Å². The number of hydrogen-bond acceptors (Lipinski definition) is 2. The van der Waals surface area contributed by atoms with Crippen molar-refractivity contribution in [2.24, 2.45) is 7.05 Å². The van der Waals surface area contributed by atoms with Gasteiger partial charge in [0.2, 0.25) is 0 Å². The molecule has 0 saturated heterocycles. The number of aromatic nitrogens is 3. The third kappa shape index (κ3) is 3.32. The van der Waals surface area contributed by atoms with Crippen LogP contribution in [0.15, 0.2) is 25.0 Å². The molecule has 0 radical (unpaired) electrons. The first-order valence-electron chi connectivity index (χ1n) is 6.91. The Morgan fingerprint density at radius 1 is 1.35 bits per heavy atom. The van der Waals surface area contributed by atoms with Gasteiger partial charge in [0.25, 0.3) is 0 Å². The Bertz CT molecular complexity index is 579. The molecule has 0 aromatic carbocycles. The lowest BCUT2D eigenvalue weighted by Gasteiger charge is -2.08. The first kappa shape index (κ1) is 16.1. The summed E-state index contributed by atoms with van der Waals surface area (Å²) in [5.41, 5.74) is 4.51. The summed E-state index contributed by atoms with van der Waals surface area (Å²) in [5, 5.41) is 4.39. The minimum absolute atomic E-state index is 0.604. The molecule has 0 atom stereocenters. The second-order valence-corrected chi connectivity index (χ2v) is 4.52. The summed E-state index contributed by atoms with van der Waals surface area (Å²) in [6.45, 7) is 12.9. The molecule has 0 aliphatic heterocycles. The lowest BCUT2D eigenvalue weighted by atomic mass is 10.2. The maximum atomic E-state index is 5.18. The zero-order valence-electron chi connectivity index (χ0n) is 13.4. The molecule has 4 heteroatoms. The smallest absolute Gasteiger partial charge is 0.139 e. The highest BCUT2D eigenvalue weighted by Gasteiger charge is 2.13. The first-order valence-corrected chi connectivity index (χ1v) is 6.91. The van der Waals surface area contributed by atoms with Crippen LogP contribution in [0.4, 0.5) is 0 Å². The van der Waals surface area contributed by atoms with Gasteiger partial charge >= 0.3 is 0 Å². The van der Waals surface area contributed by atoms with E-state index >= 15 is 0 Å². The SMILES string of the molecule is C=C(OC)c1nn(C)cc1Cn1ccc(C)c1C.CC. The molecule has 2 heterocycles. The van der Waals surface area contributed by atoms with Crippen molar-refractivity contribution >= 4 is 5.76 Å². The van der Waals surface area contributed by atoms with Crippen molar-refractivity contribution in [1.29, 1.82) is 0 Å². The van der Waals surface area contributed by atoms with E-state index < -0.39 is 0 Å². The zero-order valence-corrected chi connectivity index (χ0v) is 13.4. The molecule has 0 unspecified atom stereocenters. The van der Waals surface area contributed by atoms with Gasteiger partial charge in [-0.1, -0.05) is 20.4 Å². The summed E-state index contributed by atoms with van der Waals surface area (Å²) in [7, 11) is 3.52. The van der Waals surface area contributed by atoms with Crippen LogP contribution in [0.25, 0.3) is 5.76 Å². The Hall–Kier alpha value is -1.97. The normalized spacial score (nSPS) is 9.90. The Kier molecular flexibility index (Phi) is 5.62. The number of hydrogen-bond donors (Lipinski definition) is 0. The fourth-order valence-electron chi connectivity index (χ4n) is 2.00. The summed E-state index contributed by atoms with van der Waals surface area (Å²) >= 11 is 0. The molecular weight excluding hydrogens is 250 g/mol. The average Bonchev–Trinajstić information content (AvgIpc) is 2.97. The van der Waals surface area contributed by atoms with Crippen molar-refractivity contribution in [2.75, 3.05) is 7.11 Å². The van der Waals surface area contributed by atoms with E-state index in [1.165, 1.54) is 11.3 Å². The van der Waals surface area contributed by atoms with E-state index in [4.69, 9.17) is 4.74 Å². The second-order valence-electron chi connectivity index (χ2n) is 4.52. The molecule has 0 aliphatic rings. The fraction of sp³-hybridized carbons (Fsp3) is 0.438. The fourth-order valence-corrected chi connectivity index (χ4v) is 2.00. The van der Waals surface area contributed by atoms with Crippen LogP contribution in [0.5, 0.6) is 0 Å². The van der Waals surface area contributed by atoms with E-state index in [1.807, 2.05) is 27.1 Å². The molecule has 0 spiro atoms. The van der Waals surface area contributed by atoms with Gasteiger partial charge < -0.3 is 9.30 Å². The van der Waals surface area contributed by atoms with Gasteiger partial charge in [-0.25, -0.2) is 0 Å². The van der Waals surface area contributed by atoms with Crippen molar-refractivity contribution in [3.8, 4) is 0 Å². The molecule has 2 aromatic heterocycles. The van der Waals surface area contributed by atoms with Crippen LogP contribution in [-0.2, 0) is 18.3 Å². The van der Waals surface area contributed by atoms with Crippen molar-refractivity contribution < 1.29 is 4.74 Å². The monoisotopic (exact) mass is 275 g/mol. The summed E-state index contributed by atoms with van der Waals surface area (Å²) < 4.78 is 9.18. The first-order chi connectivity index (χ1) is 9.52. The van der Waals surface area contributed by atoms with E-state index in [0.29, 0.717) is 5.76 Å². The molecular formula is C16H25N3O. The van der Waals surface area contributed by atoms with E-state index in [-0.39, 0.29) is 0 Å². The number of aryl methyl sites for hydroxylation is 2. The summed E-state index contributed by atoms with van der Waals surface area (Å²) in [5.74, 6) is 0.604. The van der Waals surface area contributed by atoms with Gasteiger partial charge in [-0.05, 0) is 25.5 Å². The highest BCUT2D eigenvalue weighted by molar-refractivity contribution is 5.56. The molecule has 0 bridgehead atoms. The maximum absolute atomic E-state index is 5.18. The van der Waals surface area contributed by atoms with E-state index in [9.17, 15) is 0 Å². The van der Waals surface area contributed by atoms with E-state index in [1.54, 1.807) is 11.8 Å². The van der Waals surface area contributed by atoms with Gasteiger partial charge in [-0.2, -0.15) is 5.10 Å². The Morgan fingerprint density at radius 2 is 2.00 bits per heavy atom. The third-order valence-electron chi connectivity index (χ3n) is 3.26. The van der Waals surface area contributed by atoms with Crippen molar-refractivity contribution in [3.63, 3.8) is 0 Å². The van der Waals surface area contributed by atoms with Gasteiger partial charge in [0.15, 0.2) is 0 Å². The molecule has 4 nitrogen and oxygen atoms in total. The van der Waals surface area contributed by atoms with Crippen LogP contribution >= 0.6 is 0 Å². The van der Waals surface area contributed by atoms with Crippen molar-refractivity contribution in [2.45, 2.75) is 34.2 Å². The molecule has 2 rings (SSSR count). The van der Waals surface area contributed by atoms with Crippen LogP contribution < -0.4 is 0 Å². The summed E-state index contributed by atoms with van der Waals surface area (Å²) in [6, 6.07) is 2.12. The molecule has 0 fully saturated rings. The summed E-state index contributed by atoms with van der Waals surface area (Å²) in [6.07, 6.45) is 4.10. The molecule has 0 N–H and O–H groups in total. The van der Waals surface area contributed by atoms with Crippen LogP contribution in [0.2, 0.25) is 0 Å². The third-order valence-corrected chi connectivity index (χ3v) is 3.26. The van der Waals surface area contributed by atoms with Gasteiger partial charge in [0.1, 0.15) is 11.5 Å². The van der Waals surface area contributed by atoms with E-state index in [0.717, 1.165) is 17.8 Å². The molecule has 0 aliphatic carbocycles. The summed E-state index contributed by atoms with van der Waals surface area (Å²) in [4.78, 5) is 0. The number of ether oxygens (including phenoxy) is 1. The quantitative estimate of drug-likeness (QED) is 0.799. The molecule has 110 valence electrons. The predicted octanol–water partition coefficient (Wildman–Crippen LogP) is 3.53. The van der Waals surface area contributed by atoms with Crippen LogP contribution in [0, 0.1) is 13.8 Å². The maximum Gasteiger partial charge on any atom is 0.139 e. The van der Waals surface area contributed by atoms with Crippen molar-refractivity contribution in [3.05, 3.63) is 47.6 Å². The van der Waals surface area contributed by atoms with Crippen molar-refractivity contribution in [1.82, 2.24) is 14.3 Å². The topological polar surface area (TPSA) is 32.0 Å². The number of rotatable bonds is 4. The van der Waals surface area contributed by atoms with Gasteiger partial charge in [0.05, 0.1) is 13.7 Å². The zero-order chi connectivity index (χ0) is 15.3. The highest BCUT2D eigenvalue weighted by Crippen LogP contribution is 2.19. The molecule has 0 saturated carbocycles. The minimum Gasteiger partial charge on any atom is -0.495 e. The van der Waals surface area contributed by atoms with Gasteiger partial charge in [0, 0.05) is 30.7 Å². The Balaban J connectivity index is 0.000000956. The predicted molar refractivity (Wildman–Crippen MR) is 83.6 cm³/mol. The lowest BCUT2D eigenvalue weighted by Crippen LogP contribution is -2.02. The number of nitrogens with zero attached hydrogens (tertiary/aromatic N) is 3. The largest absolute Gasteiger partial charge is 0.495 e.